The van der Waals surface area contributed by atoms with E-state index in [-0.39, 0.29) is 17.6 Å². The van der Waals surface area contributed by atoms with Crippen LogP contribution in [-0.4, -0.2) is 45.8 Å². The number of nitrogens with zero attached hydrogens (tertiary/aromatic N) is 3. The molecule has 2 heterocycles. The molecule has 0 aromatic carbocycles. The summed E-state index contributed by atoms with van der Waals surface area (Å²) in [7, 11) is 0. The summed E-state index contributed by atoms with van der Waals surface area (Å²) in [6.07, 6.45) is -3.00. The molecule has 142 valence electrons. The van der Waals surface area contributed by atoms with E-state index in [9.17, 15) is 18.0 Å². The third-order valence-corrected chi connectivity index (χ3v) is 5.15. The molecule has 2 rings (SSSR count). The highest BCUT2D eigenvalue weighted by atomic mass is 35.5. The zero-order valence-corrected chi connectivity index (χ0v) is 15.6. The SMILES string of the molecule is Cc1c(Cl)c(C(F)(F)F)nn1C(C)C(=O)NC1CCN(C(C)C)CC1. The van der Waals surface area contributed by atoms with E-state index < -0.39 is 22.9 Å². The number of amides is 1. The molecule has 1 aromatic heterocycles. The van der Waals surface area contributed by atoms with Gasteiger partial charge in [0, 0.05) is 25.2 Å². The highest BCUT2D eigenvalue weighted by Gasteiger charge is 2.39. The Bertz CT molecular complexity index is 622. The Morgan fingerprint density at radius 1 is 1.28 bits per heavy atom. The lowest BCUT2D eigenvalue weighted by molar-refractivity contribution is -0.142. The predicted molar refractivity (Wildman–Crippen MR) is 89.6 cm³/mol. The van der Waals surface area contributed by atoms with Gasteiger partial charge in [-0.1, -0.05) is 11.6 Å². The summed E-state index contributed by atoms with van der Waals surface area (Å²) in [5.41, 5.74) is -1.03. The number of carbonyl (C=O) groups is 1. The van der Waals surface area contributed by atoms with Crippen molar-refractivity contribution >= 4 is 17.5 Å². The maximum absolute atomic E-state index is 12.9. The van der Waals surface area contributed by atoms with Crippen LogP contribution in [0.15, 0.2) is 0 Å². The minimum absolute atomic E-state index is 0.0263. The number of carbonyl (C=O) groups excluding carboxylic acids is 1. The van der Waals surface area contributed by atoms with E-state index in [0.29, 0.717) is 6.04 Å². The number of likely N-dealkylation sites (tertiary alicyclic amines) is 1. The lowest BCUT2D eigenvalue weighted by Crippen LogP contribution is -2.48. The van der Waals surface area contributed by atoms with E-state index in [1.807, 2.05) is 0 Å². The van der Waals surface area contributed by atoms with Gasteiger partial charge in [-0.05, 0) is 40.5 Å². The first-order valence-electron chi connectivity index (χ1n) is 8.38. The maximum atomic E-state index is 12.9. The van der Waals surface area contributed by atoms with Gasteiger partial charge in [-0.2, -0.15) is 18.3 Å². The Morgan fingerprint density at radius 2 is 1.84 bits per heavy atom. The van der Waals surface area contributed by atoms with Crippen molar-refractivity contribution in [1.29, 1.82) is 0 Å². The standard InChI is InChI=1S/C16H24ClF3N4O/c1-9(2)23-7-5-12(6-8-23)21-15(25)11(4)24-10(3)13(17)14(22-24)16(18,19)20/h9,11-12H,5-8H2,1-4H3,(H,21,25). The van der Waals surface area contributed by atoms with E-state index in [1.165, 1.54) is 13.8 Å². The van der Waals surface area contributed by atoms with E-state index in [4.69, 9.17) is 11.6 Å². The molecule has 1 aliphatic rings. The molecule has 0 saturated carbocycles. The summed E-state index contributed by atoms with van der Waals surface area (Å²) in [4.78, 5) is 14.8. The van der Waals surface area contributed by atoms with Crippen LogP contribution in [0.3, 0.4) is 0 Å². The van der Waals surface area contributed by atoms with Gasteiger partial charge in [0.15, 0.2) is 5.69 Å². The van der Waals surface area contributed by atoms with Crippen molar-refractivity contribution in [2.24, 2.45) is 0 Å². The van der Waals surface area contributed by atoms with Crippen molar-refractivity contribution in [2.45, 2.75) is 64.8 Å². The van der Waals surface area contributed by atoms with Gasteiger partial charge >= 0.3 is 6.18 Å². The number of hydrogen-bond donors (Lipinski definition) is 1. The van der Waals surface area contributed by atoms with Crippen molar-refractivity contribution in [3.8, 4) is 0 Å². The highest BCUT2D eigenvalue weighted by molar-refractivity contribution is 6.32. The van der Waals surface area contributed by atoms with Crippen LogP contribution >= 0.6 is 11.6 Å². The van der Waals surface area contributed by atoms with Crippen LogP contribution < -0.4 is 5.32 Å². The third kappa shape index (κ3) is 4.47. The molecule has 1 unspecified atom stereocenters. The highest BCUT2D eigenvalue weighted by Crippen LogP contribution is 2.36. The van der Waals surface area contributed by atoms with Gasteiger partial charge in [0.1, 0.15) is 6.04 Å². The Hall–Kier alpha value is -1.28. The molecule has 5 nitrogen and oxygen atoms in total. The zero-order chi connectivity index (χ0) is 18.9. The van der Waals surface area contributed by atoms with Gasteiger partial charge in [0.2, 0.25) is 5.91 Å². The van der Waals surface area contributed by atoms with Crippen molar-refractivity contribution in [2.75, 3.05) is 13.1 Å². The van der Waals surface area contributed by atoms with Gasteiger partial charge in [-0.25, -0.2) is 0 Å². The molecule has 1 N–H and O–H groups in total. The molecular formula is C16H24ClF3N4O. The number of alkyl halides is 3. The second-order valence-electron chi connectivity index (χ2n) is 6.78. The fraction of sp³-hybridized carbons (Fsp3) is 0.750. The minimum Gasteiger partial charge on any atom is -0.351 e. The molecule has 1 saturated heterocycles. The summed E-state index contributed by atoms with van der Waals surface area (Å²) < 4.78 is 39.8. The van der Waals surface area contributed by atoms with E-state index in [1.54, 1.807) is 0 Å². The average molecular weight is 381 g/mol. The minimum atomic E-state index is -4.65. The van der Waals surface area contributed by atoms with Crippen molar-refractivity contribution < 1.29 is 18.0 Å². The topological polar surface area (TPSA) is 50.2 Å². The first-order valence-corrected chi connectivity index (χ1v) is 8.76. The van der Waals surface area contributed by atoms with Crippen molar-refractivity contribution in [3.63, 3.8) is 0 Å². The van der Waals surface area contributed by atoms with Crippen LogP contribution in [0.25, 0.3) is 0 Å². The van der Waals surface area contributed by atoms with Gasteiger partial charge in [0.25, 0.3) is 0 Å². The summed E-state index contributed by atoms with van der Waals surface area (Å²) in [5.74, 6) is -0.348. The van der Waals surface area contributed by atoms with Crippen LogP contribution in [0.5, 0.6) is 0 Å². The van der Waals surface area contributed by atoms with Crippen LogP contribution in [0.1, 0.15) is 51.0 Å². The van der Waals surface area contributed by atoms with Gasteiger partial charge in [0.05, 0.1) is 10.7 Å². The average Bonchev–Trinajstić information content (AvgIpc) is 2.83. The lowest BCUT2D eigenvalue weighted by atomic mass is 10.0. The molecule has 25 heavy (non-hydrogen) atoms. The summed E-state index contributed by atoms with van der Waals surface area (Å²) in [6.45, 7) is 8.99. The fourth-order valence-electron chi connectivity index (χ4n) is 3.05. The van der Waals surface area contributed by atoms with Gasteiger partial charge < -0.3 is 10.2 Å². The summed E-state index contributed by atoms with van der Waals surface area (Å²) in [5, 5.41) is 5.98. The normalized spacial score (nSPS) is 18.6. The fourth-order valence-corrected chi connectivity index (χ4v) is 3.28. The number of nitrogens with one attached hydrogen (secondary N) is 1. The number of piperidine rings is 1. The van der Waals surface area contributed by atoms with Crippen LogP contribution in [0.2, 0.25) is 5.02 Å². The van der Waals surface area contributed by atoms with Crippen LogP contribution in [-0.2, 0) is 11.0 Å². The number of aromatic nitrogens is 2. The van der Waals surface area contributed by atoms with Gasteiger partial charge in [-0.3, -0.25) is 9.48 Å². The molecule has 0 bridgehead atoms. The first kappa shape index (κ1) is 20.0. The zero-order valence-electron chi connectivity index (χ0n) is 14.8. The van der Waals surface area contributed by atoms with Crippen LogP contribution in [0.4, 0.5) is 13.2 Å². The van der Waals surface area contributed by atoms with Gasteiger partial charge in [-0.15, -0.1) is 0 Å². The van der Waals surface area contributed by atoms with Crippen LogP contribution in [0, 0.1) is 6.92 Å². The number of hydrogen-bond acceptors (Lipinski definition) is 3. The number of rotatable bonds is 4. The predicted octanol–water partition coefficient (Wildman–Crippen LogP) is 3.41. The Balaban J connectivity index is 2.04. The van der Waals surface area contributed by atoms with E-state index in [2.05, 4.69) is 29.2 Å². The monoisotopic (exact) mass is 380 g/mol. The Labute approximate surface area is 150 Å². The molecule has 1 atom stereocenters. The molecule has 9 heteroatoms. The molecule has 0 aliphatic carbocycles. The van der Waals surface area contributed by atoms with E-state index in [0.717, 1.165) is 30.6 Å². The Kier molecular flexibility index (Phi) is 6.04. The molecular weight excluding hydrogens is 357 g/mol. The molecule has 1 aliphatic heterocycles. The summed E-state index contributed by atoms with van der Waals surface area (Å²) in [6, 6.07) is -0.375. The van der Waals surface area contributed by atoms with E-state index >= 15 is 0 Å². The number of halogens is 4. The molecule has 1 amide bonds. The maximum Gasteiger partial charge on any atom is 0.436 e. The first-order chi connectivity index (χ1) is 11.5. The second-order valence-corrected chi connectivity index (χ2v) is 7.16. The lowest BCUT2D eigenvalue weighted by Gasteiger charge is -2.35. The molecule has 0 radical (unpaired) electrons. The third-order valence-electron chi connectivity index (χ3n) is 4.70. The molecule has 1 fully saturated rings. The second kappa shape index (κ2) is 7.53. The summed E-state index contributed by atoms with van der Waals surface area (Å²) >= 11 is 5.74. The Morgan fingerprint density at radius 3 is 2.28 bits per heavy atom. The van der Waals surface area contributed by atoms with Crippen molar-refractivity contribution in [3.05, 3.63) is 16.4 Å². The largest absolute Gasteiger partial charge is 0.436 e. The molecule has 0 spiro atoms. The smallest absolute Gasteiger partial charge is 0.351 e. The molecule has 1 aromatic rings. The van der Waals surface area contributed by atoms with Crippen molar-refractivity contribution in [1.82, 2.24) is 20.0 Å². The quantitative estimate of drug-likeness (QED) is 0.870.